The van der Waals surface area contributed by atoms with Crippen LogP contribution in [0.4, 0.5) is 0 Å². The summed E-state index contributed by atoms with van der Waals surface area (Å²) in [6.45, 7) is 17.7. The first-order valence-corrected chi connectivity index (χ1v) is 16.3. The van der Waals surface area contributed by atoms with Crippen molar-refractivity contribution in [1.82, 2.24) is 9.55 Å². The maximum Gasteiger partial charge on any atom is 2.00 e. The predicted molar refractivity (Wildman–Crippen MR) is 183 cm³/mol. The van der Waals surface area contributed by atoms with Crippen molar-refractivity contribution >= 4 is 27.8 Å². The van der Waals surface area contributed by atoms with Crippen molar-refractivity contribution in [3.8, 4) is 17.2 Å². The third kappa shape index (κ3) is 5.59. The normalized spacial score (nSPS) is 21.2. The molecule has 1 aliphatic heterocycles. The molecule has 2 atom stereocenters. The zero-order chi connectivity index (χ0) is 31.7. The van der Waals surface area contributed by atoms with Crippen molar-refractivity contribution in [2.75, 3.05) is 0 Å². The van der Waals surface area contributed by atoms with E-state index in [1.54, 1.807) is 0 Å². The molecule has 46 heavy (non-hydrogen) atoms. The standard InChI is InChI=1S/C40H43N3O2.Pt/c1-25(2)27-20-28(37-42-39(7)15-9-10-16-40(39,8)45-37)22-32(21-27)44-31-19-26(3)18-30(24-31)43-35-14-13-29(38(4,5)6)23-34(35)33-12-11-17-41-36(33)43;/h11-14,17-21,23,25H,9-10,15-16H2,1-8H3;/q-2;+2/t39-,40-;/m0./s1. The first-order chi connectivity index (χ1) is 21.3. The average Bonchev–Trinajstić information content (AvgIpc) is 3.47. The van der Waals surface area contributed by atoms with Crippen LogP contribution in [0.2, 0.25) is 0 Å². The third-order valence-electron chi connectivity index (χ3n) is 9.97. The van der Waals surface area contributed by atoms with Crippen molar-refractivity contribution < 1.29 is 30.5 Å². The summed E-state index contributed by atoms with van der Waals surface area (Å²) in [5.41, 5.74) is 6.81. The van der Waals surface area contributed by atoms with Crippen molar-refractivity contribution in [3.05, 3.63) is 95.2 Å². The van der Waals surface area contributed by atoms with E-state index in [2.05, 4.69) is 115 Å². The zero-order valence-electron chi connectivity index (χ0n) is 28.2. The molecule has 0 N–H and O–H groups in total. The van der Waals surface area contributed by atoms with Gasteiger partial charge in [-0.3, -0.25) is 4.99 Å². The maximum atomic E-state index is 6.63. The molecule has 0 radical (unpaired) electrons. The molecular formula is C40H43N3O2Pt. The molecule has 5 nitrogen and oxygen atoms in total. The SMILES string of the molecule is Cc1cc(Oc2[c-]c(C3=N[C@@]4(C)CCCC[C@]4(C)O3)cc(C(C)C)c2)[c-]c(-n2c3ccc(C(C)(C)C)cc3c3cccnc32)c1.[Pt+2]. The predicted octanol–water partition coefficient (Wildman–Crippen LogP) is 10.2. The van der Waals surface area contributed by atoms with Crippen LogP contribution in [-0.2, 0) is 31.2 Å². The molecule has 2 aliphatic rings. The van der Waals surface area contributed by atoms with Crippen LogP contribution < -0.4 is 4.74 Å². The van der Waals surface area contributed by atoms with Gasteiger partial charge in [-0.05, 0) is 74.3 Å². The molecule has 3 heterocycles. The van der Waals surface area contributed by atoms with Crippen LogP contribution in [-0.4, -0.2) is 26.6 Å². The molecule has 240 valence electrons. The first-order valence-electron chi connectivity index (χ1n) is 16.3. The number of benzene rings is 3. The van der Waals surface area contributed by atoms with E-state index in [9.17, 15) is 0 Å². The largest absolute Gasteiger partial charge is 2.00 e. The Balaban J connectivity index is 0.00000372. The summed E-state index contributed by atoms with van der Waals surface area (Å²) in [6, 6.07) is 26.4. The smallest absolute Gasteiger partial charge is 0.512 e. The van der Waals surface area contributed by atoms with Crippen LogP contribution in [0.1, 0.15) is 102 Å². The summed E-state index contributed by atoms with van der Waals surface area (Å²) < 4.78 is 15.4. The van der Waals surface area contributed by atoms with E-state index in [0.29, 0.717) is 23.3 Å². The topological polar surface area (TPSA) is 48.6 Å². The second-order valence-electron chi connectivity index (χ2n) is 14.8. The van der Waals surface area contributed by atoms with Crippen molar-refractivity contribution in [3.63, 3.8) is 0 Å². The van der Waals surface area contributed by atoms with Gasteiger partial charge < -0.3 is 14.0 Å². The van der Waals surface area contributed by atoms with Gasteiger partial charge in [-0.2, -0.15) is 5.56 Å². The Labute approximate surface area is 287 Å². The molecule has 1 aliphatic carbocycles. The number of aliphatic imine (C=N–C) groups is 1. The Hall–Kier alpha value is -3.43. The van der Waals surface area contributed by atoms with E-state index >= 15 is 0 Å². The van der Waals surface area contributed by atoms with Gasteiger partial charge in [-0.25, -0.2) is 4.98 Å². The van der Waals surface area contributed by atoms with Crippen molar-refractivity contribution in [1.29, 1.82) is 0 Å². The molecule has 0 saturated heterocycles. The Morgan fingerprint density at radius 2 is 1.70 bits per heavy atom. The van der Waals surface area contributed by atoms with Crippen LogP contribution in [0, 0.1) is 19.1 Å². The summed E-state index contributed by atoms with van der Waals surface area (Å²) in [5, 5.41) is 2.31. The molecule has 0 amide bonds. The molecule has 0 bridgehead atoms. The van der Waals surface area contributed by atoms with Crippen LogP contribution in [0.5, 0.6) is 11.5 Å². The van der Waals surface area contributed by atoms with Gasteiger partial charge in [0, 0.05) is 28.5 Å². The average molecular weight is 793 g/mol. The summed E-state index contributed by atoms with van der Waals surface area (Å²) >= 11 is 0. The maximum absolute atomic E-state index is 6.63. The molecule has 1 saturated carbocycles. The van der Waals surface area contributed by atoms with Gasteiger partial charge in [-0.1, -0.05) is 77.4 Å². The molecular weight excluding hydrogens is 750 g/mol. The zero-order valence-corrected chi connectivity index (χ0v) is 30.4. The van der Waals surface area contributed by atoms with Gasteiger partial charge in [0.1, 0.15) is 17.1 Å². The van der Waals surface area contributed by atoms with E-state index in [4.69, 9.17) is 19.5 Å². The van der Waals surface area contributed by atoms with E-state index in [0.717, 1.165) is 51.8 Å². The third-order valence-corrected chi connectivity index (χ3v) is 9.97. The molecule has 7 rings (SSSR count). The number of fused-ring (bicyclic) bond motifs is 4. The van der Waals surface area contributed by atoms with E-state index < -0.39 is 0 Å². The Morgan fingerprint density at radius 3 is 2.43 bits per heavy atom. The van der Waals surface area contributed by atoms with Gasteiger partial charge in [-0.15, -0.1) is 29.8 Å². The molecule has 3 aromatic carbocycles. The van der Waals surface area contributed by atoms with Gasteiger partial charge in [0.05, 0.1) is 11.1 Å². The molecule has 6 heteroatoms. The molecule has 2 aromatic heterocycles. The van der Waals surface area contributed by atoms with Crippen LogP contribution in [0.15, 0.2) is 65.8 Å². The number of rotatable bonds is 5. The first kappa shape index (κ1) is 32.5. The van der Waals surface area contributed by atoms with Gasteiger partial charge in [0.15, 0.2) is 0 Å². The Bertz CT molecular complexity index is 1980. The molecule has 0 spiro atoms. The van der Waals surface area contributed by atoms with E-state index in [1.807, 2.05) is 18.3 Å². The van der Waals surface area contributed by atoms with Gasteiger partial charge in [0.25, 0.3) is 0 Å². The number of ether oxygens (including phenoxy) is 2. The fraction of sp³-hybridized carbons (Fsp3) is 0.400. The van der Waals surface area contributed by atoms with Gasteiger partial charge >= 0.3 is 21.1 Å². The van der Waals surface area contributed by atoms with E-state index in [1.165, 1.54) is 23.8 Å². The minimum absolute atomic E-state index is 0. The van der Waals surface area contributed by atoms with Gasteiger partial charge in [0.2, 0.25) is 0 Å². The van der Waals surface area contributed by atoms with Crippen molar-refractivity contribution in [2.24, 2.45) is 4.99 Å². The van der Waals surface area contributed by atoms with E-state index in [-0.39, 0.29) is 37.6 Å². The number of aromatic nitrogens is 2. The minimum Gasteiger partial charge on any atom is -0.512 e. The quantitative estimate of drug-likeness (QED) is 0.167. The summed E-state index contributed by atoms with van der Waals surface area (Å²) in [4.78, 5) is 9.99. The second kappa shape index (κ2) is 11.7. The fourth-order valence-corrected chi connectivity index (χ4v) is 6.96. The summed E-state index contributed by atoms with van der Waals surface area (Å²) in [7, 11) is 0. The monoisotopic (exact) mass is 792 g/mol. The Morgan fingerprint density at radius 1 is 0.935 bits per heavy atom. The van der Waals surface area contributed by atoms with Crippen molar-refractivity contribution in [2.45, 2.75) is 104 Å². The second-order valence-corrected chi connectivity index (χ2v) is 14.8. The number of pyridine rings is 1. The number of hydrogen-bond donors (Lipinski definition) is 0. The number of hydrogen-bond acceptors (Lipinski definition) is 4. The van der Waals surface area contributed by atoms with Crippen LogP contribution in [0.25, 0.3) is 27.6 Å². The molecule has 0 unspecified atom stereocenters. The molecule has 1 fully saturated rings. The molecule has 5 aromatic rings. The number of aryl methyl sites for hydroxylation is 1. The number of nitrogens with zero attached hydrogens (tertiary/aromatic N) is 3. The van der Waals surface area contributed by atoms with Crippen LogP contribution >= 0.6 is 0 Å². The van der Waals surface area contributed by atoms with Crippen LogP contribution in [0.3, 0.4) is 0 Å². The summed E-state index contributed by atoms with van der Waals surface area (Å²) in [6.07, 6.45) is 6.26. The minimum atomic E-state index is -0.285. The Kier molecular flexibility index (Phi) is 8.25. The summed E-state index contributed by atoms with van der Waals surface area (Å²) in [5.74, 6) is 2.24. The fourth-order valence-electron chi connectivity index (χ4n) is 6.96.